The van der Waals surface area contributed by atoms with Crippen LogP contribution in [0.3, 0.4) is 0 Å². The van der Waals surface area contributed by atoms with E-state index in [2.05, 4.69) is 0 Å². The Morgan fingerprint density at radius 3 is 1.47 bits per heavy atom. The van der Waals surface area contributed by atoms with Gasteiger partial charge in [-0.15, -0.1) is 0 Å². The molecule has 0 N–H and O–H groups in total. The molecule has 0 saturated carbocycles. The highest BCUT2D eigenvalue weighted by Crippen LogP contribution is 2.70. The summed E-state index contributed by atoms with van der Waals surface area (Å²) in [6, 6.07) is 33.1. The normalized spacial score (nSPS) is 12.3. The molecule has 4 aromatic carbocycles. The van der Waals surface area contributed by atoms with E-state index in [1.807, 2.05) is 91.9 Å². The van der Waals surface area contributed by atoms with Gasteiger partial charge in [-0.2, -0.15) is 8.42 Å². The van der Waals surface area contributed by atoms with Crippen molar-refractivity contribution in [2.45, 2.75) is 26.5 Å². The second-order valence-corrected chi connectivity index (χ2v) is 11.6. The van der Waals surface area contributed by atoms with Crippen LogP contribution >= 0.6 is 10.3 Å². The van der Waals surface area contributed by atoms with Crippen molar-refractivity contribution >= 4 is 20.4 Å². The lowest BCUT2D eigenvalue weighted by atomic mass is 10.2. The Balaban J connectivity index is 1.99. The van der Waals surface area contributed by atoms with Gasteiger partial charge in [0.2, 0.25) is 0 Å². The molecule has 0 fully saturated rings. The van der Waals surface area contributed by atoms with Gasteiger partial charge in [0, 0.05) is 14.7 Å². The Bertz CT molecular complexity index is 1230. The molecule has 0 aliphatic carbocycles. The van der Waals surface area contributed by atoms with E-state index in [0.29, 0.717) is 5.75 Å². The van der Waals surface area contributed by atoms with Gasteiger partial charge in [-0.3, -0.25) is 0 Å². The van der Waals surface area contributed by atoms with Crippen LogP contribution in [0.2, 0.25) is 0 Å². The minimum absolute atomic E-state index is 0.125. The zero-order chi connectivity index (χ0) is 22.6. The molecule has 0 heterocycles. The first-order valence-corrected chi connectivity index (χ1v) is 13.0. The topological polar surface area (TPSA) is 52.6 Å². The van der Waals surface area contributed by atoms with Crippen molar-refractivity contribution in [3.05, 3.63) is 115 Å². The molecule has 0 bridgehead atoms. The molecule has 0 amide bonds. The molecule has 0 aliphatic heterocycles. The van der Waals surface area contributed by atoms with Gasteiger partial charge in [0.1, 0.15) is 5.75 Å². The van der Waals surface area contributed by atoms with Crippen LogP contribution in [-0.4, -0.2) is 15.5 Å². The van der Waals surface area contributed by atoms with Gasteiger partial charge < -0.3 is 4.74 Å². The fourth-order valence-corrected chi connectivity index (χ4v) is 8.61. The fourth-order valence-electron chi connectivity index (χ4n) is 3.40. The van der Waals surface area contributed by atoms with E-state index in [1.165, 1.54) is 0 Å². The van der Waals surface area contributed by atoms with E-state index in [-0.39, 0.29) is 4.90 Å². The molecule has 0 aromatic heterocycles. The molecule has 4 nitrogen and oxygen atoms in total. The van der Waals surface area contributed by atoms with Crippen LogP contribution in [0.5, 0.6) is 5.75 Å². The van der Waals surface area contributed by atoms with E-state index >= 15 is 0 Å². The van der Waals surface area contributed by atoms with Crippen LogP contribution in [0.1, 0.15) is 5.56 Å². The predicted octanol–water partition coefficient (Wildman–Crippen LogP) is 6.61. The Kier molecular flexibility index (Phi) is 6.37. The summed E-state index contributed by atoms with van der Waals surface area (Å²) >= 11 is 0. The third-order valence-electron chi connectivity index (χ3n) is 5.04. The van der Waals surface area contributed by atoms with Crippen LogP contribution in [0, 0.1) is 6.92 Å². The number of rotatable bonds is 7. The van der Waals surface area contributed by atoms with E-state index in [1.54, 1.807) is 31.4 Å². The summed E-state index contributed by atoms with van der Waals surface area (Å²) in [4.78, 5) is 2.45. The van der Waals surface area contributed by atoms with Crippen LogP contribution in [-0.2, 0) is 13.7 Å². The molecule has 4 rings (SSSR count). The standard InChI is InChI=1S/C26H24O4S2/c1-21-13-17-26(18-14-21)32(27,28)30-31(23-9-5-3-6-10-23,24-11-7-4-8-12-24)25-19-15-22(29-2)16-20-25/h3-20H,1-2H3. The maximum Gasteiger partial charge on any atom is 0.307 e. The Morgan fingerprint density at radius 2 is 1.00 bits per heavy atom. The second-order valence-electron chi connectivity index (χ2n) is 7.19. The van der Waals surface area contributed by atoms with Crippen LogP contribution in [0.15, 0.2) is 129 Å². The molecule has 6 heteroatoms. The van der Waals surface area contributed by atoms with Crippen molar-refractivity contribution < 1.29 is 16.8 Å². The molecule has 0 radical (unpaired) electrons. The van der Waals surface area contributed by atoms with E-state index in [9.17, 15) is 8.42 Å². The zero-order valence-corrected chi connectivity index (χ0v) is 19.5. The lowest BCUT2D eigenvalue weighted by Gasteiger charge is -2.39. The van der Waals surface area contributed by atoms with Crippen molar-refractivity contribution in [2.24, 2.45) is 0 Å². The SMILES string of the molecule is COc1ccc(S(OS(=O)(=O)c2ccc(C)cc2)(c2ccccc2)c2ccccc2)cc1. The highest BCUT2D eigenvalue weighted by Gasteiger charge is 2.38. The highest BCUT2D eigenvalue weighted by molar-refractivity contribution is 8.33. The molecule has 0 spiro atoms. The molecule has 0 atom stereocenters. The fraction of sp³-hybridized carbons (Fsp3) is 0.0769. The van der Waals surface area contributed by atoms with Crippen molar-refractivity contribution in [3.63, 3.8) is 0 Å². The number of hydrogen-bond donors (Lipinski definition) is 0. The van der Waals surface area contributed by atoms with E-state index < -0.39 is 20.4 Å². The quantitative estimate of drug-likeness (QED) is 0.309. The third-order valence-corrected chi connectivity index (χ3v) is 10.2. The summed E-state index contributed by atoms with van der Waals surface area (Å²) in [5.74, 6) is 0.685. The minimum atomic E-state index is -4.09. The highest BCUT2D eigenvalue weighted by atomic mass is 32.3. The number of ether oxygens (including phenoxy) is 1. The van der Waals surface area contributed by atoms with Gasteiger partial charge in [-0.25, -0.2) is 3.63 Å². The average Bonchev–Trinajstić information content (AvgIpc) is 2.84. The minimum Gasteiger partial charge on any atom is -0.497 e. The van der Waals surface area contributed by atoms with Crippen LogP contribution in [0.25, 0.3) is 0 Å². The third kappa shape index (κ3) is 4.30. The summed E-state index contributed by atoms with van der Waals surface area (Å²) in [5.41, 5.74) is 0.976. The molecular weight excluding hydrogens is 440 g/mol. The van der Waals surface area contributed by atoms with Crippen LogP contribution < -0.4 is 4.74 Å². The summed E-state index contributed by atoms with van der Waals surface area (Å²) in [6.45, 7) is 1.91. The number of aryl methyl sites for hydroxylation is 1. The number of methoxy groups -OCH3 is 1. The molecule has 0 saturated heterocycles. The molecular formula is C26H24O4S2. The van der Waals surface area contributed by atoms with Gasteiger partial charge in [-0.1, -0.05) is 54.1 Å². The monoisotopic (exact) mass is 464 g/mol. The Hall–Kier alpha value is -3.06. The van der Waals surface area contributed by atoms with Gasteiger partial charge >= 0.3 is 10.1 Å². The van der Waals surface area contributed by atoms with Gasteiger partial charge in [0.05, 0.1) is 12.0 Å². The van der Waals surface area contributed by atoms with E-state index in [4.69, 9.17) is 8.37 Å². The molecule has 164 valence electrons. The Labute approximate surface area is 191 Å². The Morgan fingerprint density at radius 1 is 0.562 bits per heavy atom. The van der Waals surface area contributed by atoms with Gasteiger partial charge in [0.15, 0.2) is 0 Å². The lowest BCUT2D eigenvalue weighted by Crippen LogP contribution is -2.14. The molecule has 32 heavy (non-hydrogen) atoms. The summed E-state index contributed by atoms with van der Waals surface area (Å²) < 4.78 is 38.8. The zero-order valence-electron chi connectivity index (χ0n) is 17.8. The first-order valence-electron chi connectivity index (χ1n) is 10.1. The predicted molar refractivity (Wildman–Crippen MR) is 128 cm³/mol. The maximum absolute atomic E-state index is 13.6. The lowest BCUT2D eigenvalue weighted by molar-refractivity contribution is 0.414. The van der Waals surface area contributed by atoms with Crippen molar-refractivity contribution in [2.75, 3.05) is 7.11 Å². The first-order chi connectivity index (χ1) is 15.5. The average molecular weight is 465 g/mol. The maximum atomic E-state index is 13.6. The largest absolute Gasteiger partial charge is 0.497 e. The van der Waals surface area contributed by atoms with Crippen LogP contribution in [0.4, 0.5) is 0 Å². The van der Waals surface area contributed by atoms with Gasteiger partial charge in [0.25, 0.3) is 0 Å². The number of benzene rings is 4. The summed E-state index contributed by atoms with van der Waals surface area (Å²) in [7, 11) is -5.11. The molecule has 0 unspecified atom stereocenters. The smallest absolute Gasteiger partial charge is 0.307 e. The first kappa shape index (κ1) is 22.1. The van der Waals surface area contributed by atoms with E-state index in [0.717, 1.165) is 20.2 Å². The van der Waals surface area contributed by atoms with Crippen molar-refractivity contribution in [3.8, 4) is 5.75 Å². The molecule has 4 aromatic rings. The summed E-state index contributed by atoms with van der Waals surface area (Å²) in [5, 5.41) is 0. The van der Waals surface area contributed by atoms with Crippen molar-refractivity contribution in [1.29, 1.82) is 0 Å². The van der Waals surface area contributed by atoms with Crippen molar-refractivity contribution in [1.82, 2.24) is 0 Å². The second kappa shape index (κ2) is 9.20. The summed E-state index contributed by atoms with van der Waals surface area (Å²) in [6.07, 6.45) is 0. The number of hydrogen-bond acceptors (Lipinski definition) is 4. The molecule has 0 aliphatic rings. The van der Waals surface area contributed by atoms with Gasteiger partial charge in [-0.05, 0) is 77.9 Å².